The maximum absolute atomic E-state index is 12.9. The topological polar surface area (TPSA) is 42.0 Å². The number of amides is 1. The van der Waals surface area contributed by atoms with Crippen LogP contribution in [0, 0.1) is 12.7 Å². The predicted molar refractivity (Wildman–Crippen MR) is 91.0 cm³/mol. The number of carbonyl (C=O) groups is 1. The van der Waals surface area contributed by atoms with Crippen LogP contribution in [0.15, 0.2) is 53.9 Å². The van der Waals surface area contributed by atoms with Crippen LogP contribution in [0.2, 0.25) is 0 Å². The first-order chi connectivity index (χ1) is 11.1. The van der Waals surface area contributed by atoms with Crippen molar-refractivity contribution in [1.82, 2.24) is 4.98 Å². The second-order valence-corrected chi connectivity index (χ2v) is 6.10. The van der Waals surface area contributed by atoms with Gasteiger partial charge < -0.3 is 5.32 Å². The van der Waals surface area contributed by atoms with Gasteiger partial charge in [0.2, 0.25) is 5.91 Å². The highest BCUT2D eigenvalue weighted by atomic mass is 32.1. The van der Waals surface area contributed by atoms with Crippen molar-refractivity contribution in [3.05, 3.63) is 71.0 Å². The van der Waals surface area contributed by atoms with Crippen LogP contribution in [0.4, 0.5) is 10.1 Å². The first kappa shape index (κ1) is 15.4. The van der Waals surface area contributed by atoms with Crippen LogP contribution in [0.25, 0.3) is 10.6 Å². The third-order valence-corrected chi connectivity index (χ3v) is 4.26. The Balaban J connectivity index is 1.65. The zero-order valence-electron chi connectivity index (χ0n) is 12.5. The monoisotopic (exact) mass is 326 g/mol. The van der Waals surface area contributed by atoms with Crippen LogP contribution in [0.5, 0.6) is 0 Å². The zero-order chi connectivity index (χ0) is 16.2. The SMILES string of the molecule is Cc1ccc(NC(=O)Cc2csc(-c3ccc(F)cc3)n2)cc1. The summed E-state index contributed by atoms with van der Waals surface area (Å²) in [4.78, 5) is 16.5. The summed E-state index contributed by atoms with van der Waals surface area (Å²) in [6.07, 6.45) is 0.214. The predicted octanol–water partition coefficient (Wildman–Crippen LogP) is 4.44. The molecule has 0 unspecified atom stereocenters. The lowest BCUT2D eigenvalue weighted by Gasteiger charge is -2.04. The van der Waals surface area contributed by atoms with Crippen molar-refractivity contribution in [2.75, 3.05) is 5.32 Å². The molecule has 1 heterocycles. The summed E-state index contributed by atoms with van der Waals surface area (Å²) in [7, 11) is 0. The number of nitrogens with one attached hydrogen (secondary N) is 1. The molecule has 2 aromatic carbocycles. The molecule has 0 bridgehead atoms. The number of hydrogen-bond donors (Lipinski definition) is 1. The molecule has 0 saturated heterocycles. The summed E-state index contributed by atoms with van der Waals surface area (Å²) in [6, 6.07) is 13.8. The molecule has 0 aliphatic carbocycles. The zero-order valence-corrected chi connectivity index (χ0v) is 13.4. The molecule has 3 aromatic rings. The number of aromatic nitrogens is 1. The molecule has 3 rings (SSSR count). The van der Waals surface area contributed by atoms with Gasteiger partial charge in [-0.05, 0) is 43.3 Å². The number of nitrogens with zero attached hydrogens (tertiary/aromatic N) is 1. The smallest absolute Gasteiger partial charge is 0.230 e. The van der Waals surface area contributed by atoms with Gasteiger partial charge in [-0.1, -0.05) is 17.7 Å². The van der Waals surface area contributed by atoms with E-state index in [0.717, 1.165) is 21.8 Å². The maximum Gasteiger partial charge on any atom is 0.230 e. The summed E-state index contributed by atoms with van der Waals surface area (Å²) in [6.45, 7) is 2.00. The van der Waals surface area contributed by atoms with Gasteiger partial charge in [0.1, 0.15) is 10.8 Å². The summed E-state index contributed by atoms with van der Waals surface area (Å²) in [5.41, 5.74) is 3.47. The van der Waals surface area contributed by atoms with Gasteiger partial charge in [-0.2, -0.15) is 0 Å². The quantitative estimate of drug-likeness (QED) is 0.770. The van der Waals surface area contributed by atoms with E-state index >= 15 is 0 Å². The Morgan fingerprint density at radius 2 is 1.83 bits per heavy atom. The lowest BCUT2D eigenvalue weighted by atomic mass is 10.2. The molecule has 1 amide bonds. The Morgan fingerprint density at radius 1 is 1.13 bits per heavy atom. The molecule has 0 aliphatic rings. The van der Waals surface area contributed by atoms with Crippen LogP contribution >= 0.6 is 11.3 Å². The van der Waals surface area contributed by atoms with E-state index in [0.29, 0.717) is 5.69 Å². The molecule has 0 spiro atoms. The van der Waals surface area contributed by atoms with Crippen molar-refractivity contribution in [3.8, 4) is 10.6 Å². The standard InChI is InChI=1S/C18H15FN2OS/c1-12-2-8-15(9-3-12)20-17(22)10-16-11-23-18(21-16)13-4-6-14(19)7-5-13/h2-9,11H,10H2,1H3,(H,20,22). The largest absolute Gasteiger partial charge is 0.326 e. The normalized spacial score (nSPS) is 10.5. The molecule has 0 radical (unpaired) electrons. The van der Waals surface area contributed by atoms with E-state index in [-0.39, 0.29) is 18.1 Å². The van der Waals surface area contributed by atoms with Crippen LogP contribution in [-0.2, 0) is 11.2 Å². The number of rotatable bonds is 4. The Morgan fingerprint density at radius 3 is 2.52 bits per heavy atom. The molecule has 0 atom stereocenters. The van der Waals surface area contributed by atoms with Gasteiger partial charge in [0.15, 0.2) is 0 Å². The average Bonchev–Trinajstić information content (AvgIpc) is 2.98. The molecular weight excluding hydrogens is 311 g/mol. The minimum Gasteiger partial charge on any atom is -0.326 e. The van der Waals surface area contributed by atoms with Gasteiger partial charge in [-0.3, -0.25) is 4.79 Å². The highest BCUT2D eigenvalue weighted by Gasteiger charge is 2.09. The number of benzene rings is 2. The van der Waals surface area contributed by atoms with Gasteiger partial charge in [-0.25, -0.2) is 9.37 Å². The summed E-state index contributed by atoms with van der Waals surface area (Å²) in [5, 5.41) is 5.49. The molecule has 23 heavy (non-hydrogen) atoms. The molecule has 1 aromatic heterocycles. The number of halogens is 1. The van der Waals surface area contributed by atoms with E-state index in [4.69, 9.17) is 0 Å². The van der Waals surface area contributed by atoms with Crippen LogP contribution in [-0.4, -0.2) is 10.9 Å². The highest BCUT2D eigenvalue weighted by Crippen LogP contribution is 2.24. The second-order valence-electron chi connectivity index (χ2n) is 5.24. The van der Waals surface area contributed by atoms with E-state index in [1.165, 1.54) is 23.5 Å². The van der Waals surface area contributed by atoms with E-state index in [9.17, 15) is 9.18 Å². The molecular formula is C18H15FN2OS. The maximum atomic E-state index is 12.9. The molecule has 116 valence electrons. The summed E-state index contributed by atoms with van der Waals surface area (Å²) >= 11 is 1.45. The fourth-order valence-electron chi connectivity index (χ4n) is 2.12. The van der Waals surface area contributed by atoms with Gasteiger partial charge >= 0.3 is 0 Å². The molecule has 0 fully saturated rings. The molecule has 5 heteroatoms. The summed E-state index contributed by atoms with van der Waals surface area (Å²) < 4.78 is 12.9. The van der Waals surface area contributed by atoms with Crippen molar-refractivity contribution in [2.24, 2.45) is 0 Å². The highest BCUT2D eigenvalue weighted by molar-refractivity contribution is 7.13. The number of anilines is 1. The fraction of sp³-hybridized carbons (Fsp3) is 0.111. The van der Waals surface area contributed by atoms with Gasteiger partial charge in [0, 0.05) is 16.6 Å². The third kappa shape index (κ3) is 4.02. The number of aryl methyl sites for hydroxylation is 1. The lowest BCUT2D eigenvalue weighted by molar-refractivity contribution is -0.115. The van der Waals surface area contributed by atoms with Crippen molar-refractivity contribution in [2.45, 2.75) is 13.3 Å². The first-order valence-corrected chi connectivity index (χ1v) is 8.05. The van der Waals surface area contributed by atoms with Crippen molar-refractivity contribution < 1.29 is 9.18 Å². The molecule has 1 N–H and O–H groups in total. The van der Waals surface area contributed by atoms with Crippen LogP contribution in [0.1, 0.15) is 11.3 Å². The first-order valence-electron chi connectivity index (χ1n) is 7.17. The van der Waals surface area contributed by atoms with Crippen LogP contribution < -0.4 is 5.32 Å². The van der Waals surface area contributed by atoms with Gasteiger partial charge in [-0.15, -0.1) is 11.3 Å². The minimum atomic E-state index is -0.275. The molecule has 3 nitrogen and oxygen atoms in total. The van der Waals surface area contributed by atoms with Gasteiger partial charge in [0.25, 0.3) is 0 Å². The number of thiazole rings is 1. The van der Waals surface area contributed by atoms with E-state index in [2.05, 4.69) is 10.3 Å². The van der Waals surface area contributed by atoms with Crippen molar-refractivity contribution in [1.29, 1.82) is 0 Å². The lowest BCUT2D eigenvalue weighted by Crippen LogP contribution is -2.14. The Hall–Kier alpha value is -2.53. The van der Waals surface area contributed by atoms with E-state index in [1.54, 1.807) is 12.1 Å². The number of hydrogen-bond acceptors (Lipinski definition) is 3. The fourth-order valence-corrected chi connectivity index (χ4v) is 2.95. The Labute approximate surface area is 137 Å². The van der Waals surface area contributed by atoms with Crippen molar-refractivity contribution >= 4 is 22.9 Å². The van der Waals surface area contributed by atoms with E-state index in [1.807, 2.05) is 36.6 Å². The van der Waals surface area contributed by atoms with Crippen molar-refractivity contribution in [3.63, 3.8) is 0 Å². The van der Waals surface area contributed by atoms with Gasteiger partial charge in [0.05, 0.1) is 12.1 Å². The third-order valence-electron chi connectivity index (χ3n) is 3.32. The van der Waals surface area contributed by atoms with Crippen LogP contribution in [0.3, 0.4) is 0 Å². The Bertz CT molecular complexity index is 810. The minimum absolute atomic E-state index is 0.107. The number of carbonyl (C=O) groups excluding carboxylic acids is 1. The average molecular weight is 326 g/mol. The van der Waals surface area contributed by atoms with E-state index < -0.39 is 0 Å². The summed E-state index contributed by atoms with van der Waals surface area (Å²) in [5.74, 6) is -0.382. The molecule has 0 saturated carbocycles. The molecule has 0 aliphatic heterocycles. The second kappa shape index (κ2) is 6.71. The Kier molecular flexibility index (Phi) is 4.48.